The number of nitrogens with zero attached hydrogens (tertiary/aromatic N) is 2. The van der Waals surface area contributed by atoms with Crippen LogP contribution >= 0.6 is 22.7 Å². The second-order valence-corrected chi connectivity index (χ2v) is 6.37. The van der Waals surface area contributed by atoms with E-state index in [0.29, 0.717) is 17.5 Å². The molecule has 2 aromatic heterocycles. The highest BCUT2D eigenvalue weighted by Gasteiger charge is 2.33. The fraction of sp³-hybridized carbons (Fsp3) is 0.385. The van der Waals surface area contributed by atoms with Crippen molar-refractivity contribution in [2.75, 3.05) is 7.05 Å². The van der Waals surface area contributed by atoms with Crippen LogP contribution in [0, 0.1) is 6.92 Å². The lowest BCUT2D eigenvalue weighted by molar-refractivity contribution is -0.140. The first kappa shape index (κ1) is 16.8. The van der Waals surface area contributed by atoms with Gasteiger partial charge in [-0.15, -0.1) is 22.7 Å². The lowest BCUT2D eigenvalue weighted by Crippen LogP contribution is -2.36. The van der Waals surface area contributed by atoms with Crippen molar-refractivity contribution in [3.63, 3.8) is 0 Å². The molecule has 0 radical (unpaired) electrons. The molecule has 0 spiro atoms. The van der Waals surface area contributed by atoms with Crippen molar-refractivity contribution in [3.8, 4) is 0 Å². The van der Waals surface area contributed by atoms with Crippen LogP contribution in [0.3, 0.4) is 0 Å². The van der Waals surface area contributed by atoms with Crippen LogP contribution in [0.2, 0.25) is 0 Å². The van der Waals surface area contributed by atoms with Crippen LogP contribution in [-0.2, 0) is 19.3 Å². The van der Waals surface area contributed by atoms with Gasteiger partial charge in [0.2, 0.25) is 0 Å². The number of alkyl halides is 3. The SMILES string of the molecule is CN=C(NCc1nc(C(F)(F)F)cs1)NCc1sccc1C. The van der Waals surface area contributed by atoms with Gasteiger partial charge in [0, 0.05) is 17.3 Å². The first-order valence-electron chi connectivity index (χ1n) is 6.39. The molecule has 4 nitrogen and oxygen atoms in total. The van der Waals surface area contributed by atoms with Crippen LogP contribution in [0.4, 0.5) is 13.2 Å². The minimum Gasteiger partial charge on any atom is -0.352 e. The van der Waals surface area contributed by atoms with Crippen LogP contribution in [0.25, 0.3) is 0 Å². The van der Waals surface area contributed by atoms with Crippen LogP contribution < -0.4 is 10.6 Å². The third-order valence-electron chi connectivity index (χ3n) is 2.86. The smallest absolute Gasteiger partial charge is 0.352 e. The Kier molecular flexibility index (Phi) is 5.41. The van der Waals surface area contributed by atoms with E-state index < -0.39 is 11.9 Å². The molecule has 0 unspecified atom stereocenters. The first-order chi connectivity index (χ1) is 10.4. The number of aliphatic imine (C=N–C) groups is 1. The molecule has 0 saturated carbocycles. The zero-order chi connectivity index (χ0) is 16.2. The minimum atomic E-state index is -4.40. The predicted molar refractivity (Wildman–Crippen MR) is 83.2 cm³/mol. The van der Waals surface area contributed by atoms with Gasteiger partial charge in [-0.25, -0.2) is 4.98 Å². The number of halogens is 3. The molecule has 0 aliphatic heterocycles. The van der Waals surface area contributed by atoms with Gasteiger partial charge in [-0.1, -0.05) is 0 Å². The highest BCUT2D eigenvalue weighted by molar-refractivity contribution is 7.10. The van der Waals surface area contributed by atoms with Crippen molar-refractivity contribution in [3.05, 3.63) is 38.0 Å². The van der Waals surface area contributed by atoms with Crippen molar-refractivity contribution in [2.24, 2.45) is 4.99 Å². The number of guanidine groups is 1. The Morgan fingerprint density at radius 3 is 2.55 bits per heavy atom. The summed E-state index contributed by atoms with van der Waals surface area (Å²) in [6.07, 6.45) is -4.40. The highest BCUT2D eigenvalue weighted by Crippen LogP contribution is 2.29. The Labute approximate surface area is 134 Å². The summed E-state index contributed by atoms with van der Waals surface area (Å²) >= 11 is 2.61. The summed E-state index contributed by atoms with van der Waals surface area (Å²) in [7, 11) is 1.61. The molecule has 0 bridgehead atoms. The van der Waals surface area contributed by atoms with E-state index in [0.717, 1.165) is 16.7 Å². The van der Waals surface area contributed by atoms with E-state index in [1.165, 1.54) is 10.4 Å². The molecule has 0 aromatic carbocycles. The zero-order valence-corrected chi connectivity index (χ0v) is 13.6. The average molecular weight is 348 g/mol. The summed E-state index contributed by atoms with van der Waals surface area (Å²) in [4.78, 5) is 8.79. The Hall–Kier alpha value is -1.61. The van der Waals surface area contributed by atoms with Crippen LogP contribution in [-0.4, -0.2) is 18.0 Å². The van der Waals surface area contributed by atoms with Crippen molar-refractivity contribution in [1.82, 2.24) is 15.6 Å². The fourth-order valence-electron chi connectivity index (χ4n) is 1.65. The maximum absolute atomic E-state index is 12.5. The highest BCUT2D eigenvalue weighted by atomic mass is 32.1. The van der Waals surface area contributed by atoms with Crippen LogP contribution in [0.15, 0.2) is 21.8 Å². The number of hydrogen-bond acceptors (Lipinski definition) is 4. The van der Waals surface area contributed by atoms with E-state index in [1.807, 2.05) is 18.4 Å². The van der Waals surface area contributed by atoms with Gasteiger partial charge in [0.1, 0.15) is 5.01 Å². The maximum Gasteiger partial charge on any atom is 0.434 e. The monoisotopic (exact) mass is 348 g/mol. The van der Waals surface area contributed by atoms with Crippen molar-refractivity contribution < 1.29 is 13.2 Å². The number of nitrogens with one attached hydrogen (secondary N) is 2. The third-order valence-corrected chi connectivity index (χ3v) is 4.73. The third kappa shape index (κ3) is 4.44. The molecular formula is C13H15F3N4S2. The van der Waals surface area contributed by atoms with Crippen LogP contribution in [0.5, 0.6) is 0 Å². The molecular weight excluding hydrogens is 333 g/mol. The summed E-state index contributed by atoms with van der Waals surface area (Å²) in [5, 5.41) is 9.47. The molecule has 2 rings (SSSR count). The average Bonchev–Trinajstić information content (AvgIpc) is 3.08. The second-order valence-electron chi connectivity index (χ2n) is 4.43. The lowest BCUT2D eigenvalue weighted by Gasteiger charge is -2.10. The molecule has 0 aliphatic rings. The van der Waals surface area contributed by atoms with E-state index in [2.05, 4.69) is 20.6 Å². The van der Waals surface area contributed by atoms with E-state index in [4.69, 9.17) is 0 Å². The molecule has 0 aliphatic carbocycles. The van der Waals surface area contributed by atoms with E-state index in [9.17, 15) is 13.2 Å². The summed E-state index contributed by atoms with van der Waals surface area (Å²) < 4.78 is 37.4. The number of thiazole rings is 1. The molecule has 2 aromatic rings. The van der Waals surface area contributed by atoms with Crippen molar-refractivity contribution in [1.29, 1.82) is 0 Å². The molecule has 0 amide bonds. The van der Waals surface area contributed by atoms with Gasteiger partial charge in [-0.3, -0.25) is 4.99 Å². The fourth-order valence-corrected chi connectivity index (χ4v) is 3.24. The molecule has 0 fully saturated rings. The number of hydrogen-bond donors (Lipinski definition) is 2. The molecule has 22 heavy (non-hydrogen) atoms. The van der Waals surface area contributed by atoms with Gasteiger partial charge < -0.3 is 10.6 Å². The quantitative estimate of drug-likeness (QED) is 0.658. The topological polar surface area (TPSA) is 49.3 Å². The number of thiophene rings is 1. The van der Waals surface area contributed by atoms with Crippen LogP contribution in [0.1, 0.15) is 21.1 Å². The van der Waals surface area contributed by atoms with Gasteiger partial charge >= 0.3 is 6.18 Å². The van der Waals surface area contributed by atoms with Gasteiger partial charge in [-0.2, -0.15) is 13.2 Å². The van der Waals surface area contributed by atoms with Crippen molar-refractivity contribution in [2.45, 2.75) is 26.2 Å². The first-order valence-corrected chi connectivity index (χ1v) is 8.15. The van der Waals surface area contributed by atoms with Gasteiger partial charge in [-0.05, 0) is 23.9 Å². The number of rotatable bonds is 4. The van der Waals surface area contributed by atoms with E-state index in [-0.39, 0.29) is 6.54 Å². The summed E-state index contributed by atoms with van der Waals surface area (Å²) in [5.74, 6) is 0.525. The van der Waals surface area contributed by atoms with Crippen molar-refractivity contribution >= 4 is 28.6 Å². The standard InChI is InChI=1S/C13H15F3N4S2/c1-8-3-4-21-9(8)5-18-12(17-2)19-6-11-20-10(7-22-11)13(14,15)16/h3-4,7H,5-6H2,1-2H3,(H2,17,18,19). The molecule has 0 saturated heterocycles. The van der Waals surface area contributed by atoms with E-state index >= 15 is 0 Å². The Morgan fingerprint density at radius 1 is 1.27 bits per heavy atom. The zero-order valence-electron chi connectivity index (χ0n) is 12.0. The largest absolute Gasteiger partial charge is 0.434 e. The second kappa shape index (κ2) is 7.10. The Bertz CT molecular complexity index is 646. The van der Waals surface area contributed by atoms with Gasteiger partial charge in [0.15, 0.2) is 11.7 Å². The summed E-state index contributed by atoms with van der Waals surface area (Å²) in [6, 6.07) is 2.03. The Balaban J connectivity index is 1.86. The summed E-state index contributed by atoms with van der Waals surface area (Å²) in [5.41, 5.74) is 0.342. The molecule has 0 atom stereocenters. The van der Waals surface area contributed by atoms with Gasteiger partial charge in [0.05, 0.1) is 13.1 Å². The van der Waals surface area contributed by atoms with E-state index in [1.54, 1.807) is 18.4 Å². The lowest BCUT2D eigenvalue weighted by atomic mass is 10.3. The number of aromatic nitrogens is 1. The molecule has 120 valence electrons. The maximum atomic E-state index is 12.5. The normalized spacial score (nSPS) is 12.5. The molecule has 2 heterocycles. The summed E-state index contributed by atoms with van der Waals surface area (Å²) in [6.45, 7) is 2.84. The number of aryl methyl sites for hydroxylation is 1. The minimum absolute atomic E-state index is 0.198. The van der Waals surface area contributed by atoms with Gasteiger partial charge in [0.25, 0.3) is 0 Å². The molecule has 9 heteroatoms. The molecule has 2 N–H and O–H groups in total. The predicted octanol–water partition coefficient (Wildman–Crippen LogP) is 3.40. The Morgan fingerprint density at radius 2 is 2.00 bits per heavy atom.